The van der Waals surface area contributed by atoms with Crippen molar-refractivity contribution < 1.29 is 25.9 Å². The van der Waals surface area contributed by atoms with Gasteiger partial charge in [0.15, 0.2) is 10.6 Å². The summed E-state index contributed by atoms with van der Waals surface area (Å²) >= 11 is 0. The van der Waals surface area contributed by atoms with E-state index in [-0.39, 0.29) is 16.2 Å². The Morgan fingerprint density at radius 1 is 0.800 bits per heavy atom. The van der Waals surface area contributed by atoms with Crippen molar-refractivity contribution in [2.45, 2.75) is 9.79 Å². The van der Waals surface area contributed by atoms with E-state index in [2.05, 4.69) is 9.93 Å². The first-order valence-corrected chi connectivity index (χ1v) is 12.9. The predicted octanol–water partition coefficient (Wildman–Crippen LogP) is 3.83. The van der Waals surface area contributed by atoms with Crippen LogP contribution in [0.4, 0.5) is 5.69 Å². The Morgan fingerprint density at radius 3 is 2.23 bits per heavy atom. The fourth-order valence-corrected chi connectivity index (χ4v) is 5.43. The lowest BCUT2D eigenvalue weighted by Crippen LogP contribution is -2.19. The number of benzene rings is 4. The van der Waals surface area contributed by atoms with E-state index >= 15 is 0 Å². The summed E-state index contributed by atoms with van der Waals surface area (Å²) in [4.78, 5) is 11.9. The number of nitrogens with zero attached hydrogens (tertiary/aromatic N) is 2. The molecule has 35 heavy (non-hydrogen) atoms. The number of fused-ring (bicyclic) bond motifs is 1. The lowest BCUT2D eigenvalue weighted by Gasteiger charge is -2.10. The minimum Gasteiger partial charge on any atom is -0.378 e. The first-order valence-electron chi connectivity index (χ1n) is 9.99. The van der Waals surface area contributed by atoms with E-state index in [0.29, 0.717) is 5.39 Å². The van der Waals surface area contributed by atoms with Gasteiger partial charge in [0.1, 0.15) is 0 Å². The Morgan fingerprint density at radius 2 is 1.43 bits per heavy atom. The Bertz CT molecular complexity index is 1660. The van der Waals surface area contributed by atoms with Crippen LogP contribution in [0.25, 0.3) is 10.8 Å². The highest BCUT2D eigenvalue weighted by molar-refractivity contribution is 7.89. The van der Waals surface area contributed by atoms with Crippen molar-refractivity contribution in [3.63, 3.8) is 0 Å². The fourth-order valence-electron chi connectivity index (χ4n) is 3.29. The molecule has 0 saturated carbocycles. The highest BCUT2D eigenvalue weighted by Crippen LogP contribution is 2.28. The van der Waals surface area contributed by atoms with Gasteiger partial charge in [-0.3, -0.25) is 10.1 Å². The van der Waals surface area contributed by atoms with Crippen LogP contribution in [-0.4, -0.2) is 28.0 Å². The van der Waals surface area contributed by atoms with Crippen LogP contribution in [0.3, 0.4) is 0 Å². The maximum atomic E-state index is 12.8. The molecule has 0 aliphatic heterocycles. The molecule has 0 spiro atoms. The lowest BCUT2D eigenvalue weighted by molar-refractivity contribution is -0.387. The maximum Gasteiger partial charge on any atom is 0.346 e. The summed E-state index contributed by atoms with van der Waals surface area (Å²) in [7, 11) is -8.62. The number of hydrogen-bond donors (Lipinski definition) is 1. The number of hydrogen-bond acceptors (Lipinski definition) is 8. The van der Waals surface area contributed by atoms with E-state index in [1.54, 1.807) is 42.5 Å². The SMILES string of the molecule is O=[N+]([O-])c1ccccc1S(=O)(=O)Oc1ccccc1C=NNS(=O)(=O)c1cccc2ccccc12. The highest BCUT2D eigenvalue weighted by Gasteiger charge is 2.27. The molecule has 4 aromatic carbocycles. The first-order chi connectivity index (χ1) is 16.7. The zero-order valence-electron chi connectivity index (χ0n) is 17.8. The van der Waals surface area contributed by atoms with Gasteiger partial charge in [-0.05, 0) is 29.7 Å². The first kappa shape index (κ1) is 23.9. The van der Waals surface area contributed by atoms with E-state index in [9.17, 15) is 26.9 Å². The zero-order valence-corrected chi connectivity index (χ0v) is 19.4. The summed E-state index contributed by atoms with van der Waals surface area (Å²) in [5.41, 5.74) is -0.517. The molecule has 0 unspecified atom stereocenters. The average molecular weight is 512 g/mol. The van der Waals surface area contributed by atoms with Gasteiger partial charge in [-0.25, -0.2) is 4.83 Å². The molecule has 0 aliphatic carbocycles. The van der Waals surface area contributed by atoms with Crippen LogP contribution in [0.5, 0.6) is 5.75 Å². The van der Waals surface area contributed by atoms with E-state index in [1.165, 1.54) is 36.4 Å². The third-order valence-corrected chi connectivity index (χ3v) is 7.43. The largest absolute Gasteiger partial charge is 0.378 e. The van der Waals surface area contributed by atoms with Gasteiger partial charge in [0.2, 0.25) is 0 Å². The number of sulfonamides is 1. The maximum absolute atomic E-state index is 12.8. The number of rotatable bonds is 8. The second-order valence-electron chi connectivity index (χ2n) is 7.13. The molecule has 178 valence electrons. The normalized spacial score (nSPS) is 12.0. The summed E-state index contributed by atoms with van der Waals surface area (Å²) in [5, 5.41) is 16.2. The molecule has 0 fully saturated rings. The predicted molar refractivity (Wildman–Crippen MR) is 129 cm³/mol. The topological polar surface area (TPSA) is 145 Å². The Balaban J connectivity index is 1.61. The van der Waals surface area contributed by atoms with Crippen LogP contribution in [-0.2, 0) is 20.1 Å². The van der Waals surface area contributed by atoms with Crippen LogP contribution in [0.1, 0.15) is 5.56 Å². The minimum absolute atomic E-state index is 0.0243. The van der Waals surface area contributed by atoms with Gasteiger partial charge in [-0.15, -0.1) is 0 Å². The number of nitro benzene ring substituents is 1. The summed E-state index contributed by atoms with van der Waals surface area (Å²) in [5.74, 6) is -0.196. The Labute approximate surface area is 200 Å². The van der Waals surface area contributed by atoms with Crippen molar-refractivity contribution in [2.75, 3.05) is 0 Å². The van der Waals surface area contributed by atoms with E-state index in [1.807, 2.05) is 0 Å². The van der Waals surface area contributed by atoms with Crippen molar-refractivity contribution in [3.05, 3.63) is 107 Å². The monoisotopic (exact) mass is 511 g/mol. The quantitative estimate of drug-likeness (QED) is 0.164. The van der Waals surface area contributed by atoms with Gasteiger partial charge in [0.05, 0.1) is 16.0 Å². The molecule has 0 bridgehead atoms. The van der Waals surface area contributed by atoms with Crippen molar-refractivity contribution in [3.8, 4) is 5.75 Å². The van der Waals surface area contributed by atoms with Crippen molar-refractivity contribution >= 4 is 42.8 Å². The van der Waals surface area contributed by atoms with Crippen LogP contribution < -0.4 is 9.01 Å². The Kier molecular flexibility index (Phi) is 6.49. The second kappa shape index (κ2) is 9.52. The molecule has 0 aromatic heterocycles. The molecule has 0 amide bonds. The molecule has 0 atom stereocenters. The highest BCUT2D eigenvalue weighted by atomic mass is 32.2. The third-order valence-electron chi connectivity index (χ3n) is 4.87. The van der Waals surface area contributed by atoms with E-state index < -0.39 is 35.6 Å². The molecule has 0 aliphatic rings. The second-order valence-corrected chi connectivity index (χ2v) is 10.3. The minimum atomic E-state index is -4.57. The van der Waals surface area contributed by atoms with Gasteiger partial charge in [-0.2, -0.15) is 21.9 Å². The van der Waals surface area contributed by atoms with E-state index in [4.69, 9.17) is 4.18 Å². The smallest absolute Gasteiger partial charge is 0.346 e. The van der Waals surface area contributed by atoms with Crippen LogP contribution in [0, 0.1) is 10.1 Å². The van der Waals surface area contributed by atoms with Crippen LogP contribution in [0.2, 0.25) is 0 Å². The third kappa shape index (κ3) is 5.13. The molecule has 0 radical (unpaired) electrons. The van der Waals surface area contributed by atoms with E-state index in [0.717, 1.165) is 23.7 Å². The molecular weight excluding hydrogens is 494 g/mol. The molecule has 4 aromatic rings. The van der Waals surface area contributed by atoms with Gasteiger partial charge in [0, 0.05) is 17.0 Å². The fraction of sp³-hybridized carbons (Fsp3) is 0. The van der Waals surface area contributed by atoms with Crippen LogP contribution >= 0.6 is 0 Å². The molecule has 1 N–H and O–H groups in total. The number of hydrazone groups is 1. The number of nitrogens with one attached hydrogen (secondary N) is 1. The van der Waals surface area contributed by atoms with Crippen LogP contribution in [0.15, 0.2) is 106 Å². The number of nitro groups is 1. The molecular formula is C23H17N3O7S2. The Hall–Kier alpha value is -4.29. The van der Waals surface area contributed by atoms with Crippen molar-refractivity contribution in [1.29, 1.82) is 0 Å². The van der Waals surface area contributed by atoms with Crippen molar-refractivity contribution in [2.24, 2.45) is 5.10 Å². The van der Waals surface area contributed by atoms with Gasteiger partial charge in [-0.1, -0.05) is 60.7 Å². The average Bonchev–Trinajstić information content (AvgIpc) is 2.84. The molecule has 10 nitrogen and oxygen atoms in total. The summed E-state index contributed by atoms with van der Waals surface area (Å²) in [6.45, 7) is 0. The molecule has 4 rings (SSSR count). The summed E-state index contributed by atoms with van der Waals surface area (Å²) in [6.07, 6.45) is 1.08. The summed E-state index contributed by atoms with van der Waals surface area (Å²) < 4.78 is 56.3. The molecule has 12 heteroatoms. The van der Waals surface area contributed by atoms with Gasteiger partial charge < -0.3 is 4.18 Å². The molecule has 0 heterocycles. The lowest BCUT2D eigenvalue weighted by atomic mass is 10.1. The number of para-hydroxylation sites is 2. The zero-order chi connectivity index (χ0) is 25.1. The van der Waals surface area contributed by atoms with Gasteiger partial charge >= 0.3 is 10.1 Å². The van der Waals surface area contributed by atoms with Crippen molar-refractivity contribution in [1.82, 2.24) is 4.83 Å². The molecule has 0 saturated heterocycles. The standard InChI is InChI=1S/C23H17N3O7S2/c27-26(28)20-12-4-6-14-23(20)35(31,32)33-21-13-5-2-9-18(21)16-24-25-34(29,30)22-15-7-10-17-8-1-3-11-19(17)22/h1-16,25H. The van der Waals surface area contributed by atoms with Gasteiger partial charge in [0.25, 0.3) is 15.7 Å². The summed E-state index contributed by atoms with van der Waals surface area (Å²) in [6, 6.07) is 22.4.